The lowest BCUT2D eigenvalue weighted by atomic mass is 10.0. The molecule has 10 heteroatoms. The van der Waals surface area contributed by atoms with Crippen molar-refractivity contribution < 1.29 is 29.1 Å². The van der Waals surface area contributed by atoms with Crippen molar-refractivity contribution in [1.82, 2.24) is 10.2 Å². The summed E-state index contributed by atoms with van der Waals surface area (Å²) in [5, 5.41) is 25.1. The zero-order valence-corrected chi connectivity index (χ0v) is 18.6. The topological polar surface area (TPSA) is 131 Å². The Morgan fingerprint density at radius 1 is 1.32 bits per heavy atom. The Morgan fingerprint density at radius 3 is 2.42 bits per heavy atom. The van der Waals surface area contributed by atoms with Crippen molar-refractivity contribution in [2.24, 2.45) is 0 Å². The molecular formula is C21H31N3O7. The van der Waals surface area contributed by atoms with E-state index in [0.717, 1.165) is 6.07 Å². The number of hydrogen-bond acceptors (Lipinski definition) is 8. The number of carbonyl (C=O) groups is 2. The minimum atomic E-state index is -1.23. The molecule has 1 saturated heterocycles. The van der Waals surface area contributed by atoms with E-state index in [-0.39, 0.29) is 40.8 Å². The monoisotopic (exact) mass is 437 g/mol. The summed E-state index contributed by atoms with van der Waals surface area (Å²) in [5.41, 5.74) is -0.698. The van der Waals surface area contributed by atoms with Crippen molar-refractivity contribution in [1.29, 1.82) is 0 Å². The molecule has 1 aromatic carbocycles. The first kappa shape index (κ1) is 24.5. The number of nitrogens with zero attached hydrogens (tertiary/aromatic N) is 2. The van der Waals surface area contributed by atoms with Gasteiger partial charge in [-0.25, -0.2) is 4.79 Å². The maximum atomic E-state index is 12.2. The van der Waals surface area contributed by atoms with Gasteiger partial charge in [0, 0.05) is 36.3 Å². The van der Waals surface area contributed by atoms with Crippen LogP contribution >= 0.6 is 0 Å². The standard InChI is InChI=1S/C21H31N3O7/c1-13(2)30-18-11-16(14(12-25)10-17(18)24(28)29)19(26)22-15-6-8-23(9-7-15)20(27)31-21(3,4)5/h10-13,15,19,22,26H,6-9H2,1-5H3. The van der Waals surface area contributed by atoms with Crippen LogP contribution in [0, 0.1) is 10.1 Å². The Morgan fingerprint density at radius 2 is 1.94 bits per heavy atom. The fourth-order valence-corrected chi connectivity index (χ4v) is 3.30. The average Bonchev–Trinajstić information content (AvgIpc) is 2.66. The van der Waals surface area contributed by atoms with Gasteiger partial charge in [-0.05, 0) is 53.5 Å². The van der Waals surface area contributed by atoms with Gasteiger partial charge in [-0.1, -0.05) is 0 Å². The first-order chi connectivity index (χ1) is 14.4. The third kappa shape index (κ3) is 6.90. The number of rotatable bonds is 7. The average molecular weight is 437 g/mol. The molecule has 1 atom stereocenters. The molecule has 0 spiro atoms. The molecule has 0 radical (unpaired) electrons. The summed E-state index contributed by atoms with van der Waals surface area (Å²) in [6, 6.07) is 2.32. The second-order valence-corrected chi connectivity index (χ2v) is 8.80. The van der Waals surface area contributed by atoms with E-state index in [1.165, 1.54) is 6.07 Å². The highest BCUT2D eigenvalue weighted by atomic mass is 16.6. The van der Waals surface area contributed by atoms with E-state index in [1.54, 1.807) is 18.7 Å². The molecule has 0 saturated carbocycles. The SMILES string of the molecule is CC(C)Oc1cc(C(O)NC2CCN(C(=O)OC(C)(C)C)CC2)c(C=O)cc1[N+](=O)[O-]. The first-order valence-electron chi connectivity index (χ1n) is 10.3. The number of amides is 1. The molecule has 1 aliphatic heterocycles. The largest absolute Gasteiger partial charge is 0.484 e. The number of nitrogens with one attached hydrogen (secondary N) is 1. The maximum Gasteiger partial charge on any atom is 0.410 e. The summed E-state index contributed by atoms with van der Waals surface area (Å²) in [7, 11) is 0. The van der Waals surface area contributed by atoms with Crippen molar-refractivity contribution >= 4 is 18.1 Å². The summed E-state index contributed by atoms with van der Waals surface area (Å²) >= 11 is 0. The van der Waals surface area contributed by atoms with Crippen LogP contribution in [0.1, 0.15) is 69.6 Å². The van der Waals surface area contributed by atoms with Crippen molar-refractivity contribution in [3.63, 3.8) is 0 Å². The second kappa shape index (κ2) is 10.1. The number of aliphatic hydroxyl groups excluding tert-OH is 1. The van der Waals surface area contributed by atoms with Gasteiger partial charge in [0.1, 0.15) is 11.8 Å². The van der Waals surface area contributed by atoms with Gasteiger partial charge in [0.05, 0.1) is 11.0 Å². The Bertz CT molecular complexity index is 812. The fraction of sp³-hybridized carbons (Fsp3) is 0.619. The molecular weight excluding hydrogens is 406 g/mol. The third-order valence-corrected chi connectivity index (χ3v) is 4.69. The van der Waals surface area contributed by atoms with Gasteiger partial charge in [-0.15, -0.1) is 0 Å². The first-order valence-corrected chi connectivity index (χ1v) is 10.3. The van der Waals surface area contributed by atoms with Crippen LogP contribution in [0.15, 0.2) is 12.1 Å². The highest BCUT2D eigenvalue weighted by molar-refractivity contribution is 5.80. The van der Waals surface area contributed by atoms with Gasteiger partial charge in [-0.3, -0.25) is 20.2 Å². The molecule has 10 nitrogen and oxygen atoms in total. The quantitative estimate of drug-likeness (QED) is 0.288. The normalized spacial score (nSPS) is 16.2. The minimum Gasteiger partial charge on any atom is -0.484 e. The van der Waals surface area contributed by atoms with E-state index >= 15 is 0 Å². The van der Waals surface area contributed by atoms with Crippen LogP contribution in [0.25, 0.3) is 0 Å². The van der Waals surface area contributed by atoms with Crippen LogP contribution in [-0.4, -0.2) is 58.1 Å². The predicted molar refractivity (Wildman–Crippen MR) is 113 cm³/mol. The number of carbonyl (C=O) groups excluding carboxylic acids is 2. The van der Waals surface area contributed by atoms with Gasteiger partial charge in [0.15, 0.2) is 12.0 Å². The molecule has 1 amide bonds. The minimum absolute atomic E-state index is 0.00833. The Kier molecular flexibility index (Phi) is 7.96. The molecule has 0 aromatic heterocycles. The van der Waals surface area contributed by atoms with Crippen molar-refractivity contribution in [3.05, 3.63) is 33.4 Å². The van der Waals surface area contributed by atoms with E-state index in [4.69, 9.17) is 9.47 Å². The highest BCUT2D eigenvalue weighted by Crippen LogP contribution is 2.33. The van der Waals surface area contributed by atoms with Crippen molar-refractivity contribution in [2.45, 2.75) is 71.4 Å². The lowest BCUT2D eigenvalue weighted by molar-refractivity contribution is -0.386. The number of hydrogen-bond donors (Lipinski definition) is 2. The van der Waals surface area contributed by atoms with Gasteiger partial charge in [-0.2, -0.15) is 0 Å². The number of aliphatic hydroxyl groups is 1. The van der Waals surface area contributed by atoms with E-state index in [2.05, 4.69) is 5.32 Å². The van der Waals surface area contributed by atoms with Gasteiger partial charge < -0.3 is 19.5 Å². The second-order valence-electron chi connectivity index (χ2n) is 8.80. The fourth-order valence-electron chi connectivity index (χ4n) is 3.30. The summed E-state index contributed by atoms with van der Waals surface area (Å²) in [6.45, 7) is 9.79. The number of nitro groups is 1. The predicted octanol–water partition coefficient (Wildman–Crippen LogP) is 3.17. The molecule has 0 bridgehead atoms. The van der Waals surface area contributed by atoms with Crippen LogP contribution in [-0.2, 0) is 4.74 Å². The molecule has 172 valence electrons. The van der Waals surface area contributed by atoms with Crippen molar-refractivity contribution in [2.75, 3.05) is 13.1 Å². The van der Waals surface area contributed by atoms with Gasteiger partial charge in [0.2, 0.25) is 0 Å². The number of likely N-dealkylation sites (tertiary alicyclic amines) is 1. The molecule has 1 heterocycles. The number of benzene rings is 1. The number of nitro benzene ring substituents is 1. The van der Waals surface area contributed by atoms with E-state index in [0.29, 0.717) is 32.2 Å². The smallest absolute Gasteiger partial charge is 0.410 e. The van der Waals surface area contributed by atoms with Crippen LogP contribution in [0.5, 0.6) is 5.75 Å². The molecule has 1 aromatic rings. The van der Waals surface area contributed by atoms with Gasteiger partial charge in [0.25, 0.3) is 0 Å². The molecule has 2 N–H and O–H groups in total. The number of piperidine rings is 1. The third-order valence-electron chi connectivity index (χ3n) is 4.69. The number of ether oxygens (including phenoxy) is 2. The Labute approximate surface area is 181 Å². The van der Waals surface area contributed by atoms with E-state index < -0.39 is 16.8 Å². The molecule has 2 rings (SSSR count). The molecule has 0 aliphatic carbocycles. The highest BCUT2D eigenvalue weighted by Gasteiger charge is 2.29. The number of aldehydes is 1. The molecule has 1 unspecified atom stereocenters. The summed E-state index contributed by atoms with van der Waals surface area (Å²) in [5.74, 6) is -0.0128. The molecule has 31 heavy (non-hydrogen) atoms. The summed E-state index contributed by atoms with van der Waals surface area (Å²) in [6.07, 6.45) is -0.299. The lowest BCUT2D eigenvalue weighted by Gasteiger charge is -2.34. The lowest BCUT2D eigenvalue weighted by Crippen LogP contribution is -2.47. The molecule has 1 aliphatic rings. The summed E-state index contributed by atoms with van der Waals surface area (Å²) < 4.78 is 10.9. The zero-order chi connectivity index (χ0) is 23.3. The maximum absolute atomic E-state index is 12.2. The van der Waals surface area contributed by atoms with E-state index in [1.807, 2.05) is 20.8 Å². The zero-order valence-electron chi connectivity index (χ0n) is 18.6. The Hall–Kier alpha value is -2.72. The van der Waals surface area contributed by atoms with Gasteiger partial charge >= 0.3 is 11.8 Å². The van der Waals surface area contributed by atoms with Crippen molar-refractivity contribution in [3.8, 4) is 5.75 Å². The van der Waals surface area contributed by atoms with E-state index in [9.17, 15) is 24.8 Å². The van der Waals surface area contributed by atoms with Crippen LogP contribution in [0.3, 0.4) is 0 Å². The van der Waals surface area contributed by atoms with Crippen LogP contribution in [0.4, 0.5) is 10.5 Å². The van der Waals surface area contributed by atoms with Crippen LogP contribution in [0.2, 0.25) is 0 Å². The Balaban J connectivity index is 2.10. The van der Waals surface area contributed by atoms with Crippen LogP contribution < -0.4 is 10.1 Å². The summed E-state index contributed by atoms with van der Waals surface area (Å²) in [4.78, 5) is 36.0. The molecule has 1 fully saturated rings.